The van der Waals surface area contributed by atoms with Gasteiger partial charge in [0.25, 0.3) is 0 Å². The Kier molecular flexibility index (Phi) is 4.38. The van der Waals surface area contributed by atoms with Crippen LogP contribution < -0.4 is 4.74 Å². The van der Waals surface area contributed by atoms with Gasteiger partial charge in [-0.05, 0) is 43.5 Å². The van der Waals surface area contributed by atoms with Crippen LogP contribution in [0.5, 0.6) is 5.75 Å². The smallest absolute Gasteiger partial charge is 0.127 e. The highest BCUT2D eigenvalue weighted by atomic mass is 16.5. The summed E-state index contributed by atoms with van der Waals surface area (Å²) in [6.07, 6.45) is 5.80. The Morgan fingerprint density at radius 2 is 2.13 bits per heavy atom. The molecule has 4 nitrogen and oxygen atoms in total. The fourth-order valence-corrected chi connectivity index (χ4v) is 4.28. The van der Waals surface area contributed by atoms with E-state index in [9.17, 15) is 5.11 Å². The van der Waals surface area contributed by atoms with Crippen LogP contribution in [0.25, 0.3) is 6.08 Å². The highest BCUT2D eigenvalue weighted by molar-refractivity contribution is 5.62. The Bertz CT molecular complexity index is 586. The molecule has 0 saturated carbocycles. The monoisotopic (exact) mass is 314 g/mol. The highest BCUT2D eigenvalue weighted by Gasteiger charge is 2.36. The van der Waals surface area contributed by atoms with Gasteiger partial charge in [0.05, 0.1) is 0 Å². The van der Waals surface area contributed by atoms with Crippen molar-refractivity contribution < 1.29 is 9.84 Å². The number of ether oxygens (including phenoxy) is 1. The molecular formula is C19H26N2O2. The summed E-state index contributed by atoms with van der Waals surface area (Å²) >= 11 is 0. The number of hydrogen-bond donors (Lipinski definition) is 1. The molecular weight excluding hydrogens is 288 g/mol. The van der Waals surface area contributed by atoms with Gasteiger partial charge >= 0.3 is 0 Å². The predicted molar refractivity (Wildman–Crippen MR) is 91.6 cm³/mol. The zero-order valence-corrected chi connectivity index (χ0v) is 13.7. The summed E-state index contributed by atoms with van der Waals surface area (Å²) in [5.74, 6) is 0.990. The number of benzene rings is 1. The molecule has 4 rings (SSSR count). The predicted octanol–water partition coefficient (Wildman–Crippen LogP) is 1.99. The van der Waals surface area contributed by atoms with Crippen LogP contribution in [-0.2, 0) is 0 Å². The number of rotatable bonds is 4. The van der Waals surface area contributed by atoms with Crippen LogP contribution in [0.2, 0.25) is 0 Å². The molecule has 3 heterocycles. The molecule has 1 aromatic carbocycles. The first-order valence-corrected chi connectivity index (χ1v) is 8.84. The molecule has 3 aliphatic rings. The molecule has 2 atom stereocenters. The summed E-state index contributed by atoms with van der Waals surface area (Å²) < 4.78 is 5.90. The minimum absolute atomic E-state index is 0.276. The van der Waals surface area contributed by atoms with Gasteiger partial charge in [0.15, 0.2) is 0 Å². The molecule has 1 aromatic rings. The molecule has 3 aliphatic heterocycles. The number of fused-ring (bicyclic) bond motifs is 2. The quantitative estimate of drug-likeness (QED) is 0.922. The zero-order chi connectivity index (χ0) is 15.6. The van der Waals surface area contributed by atoms with Crippen molar-refractivity contribution in [2.24, 2.45) is 0 Å². The van der Waals surface area contributed by atoms with E-state index in [0.717, 1.165) is 31.8 Å². The van der Waals surface area contributed by atoms with Crippen LogP contribution in [-0.4, -0.2) is 66.4 Å². The lowest BCUT2D eigenvalue weighted by Gasteiger charge is -2.44. The number of aliphatic hydroxyl groups excluding tert-OH is 1. The van der Waals surface area contributed by atoms with Gasteiger partial charge < -0.3 is 9.84 Å². The van der Waals surface area contributed by atoms with Crippen molar-refractivity contribution in [1.82, 2.24) is 9.80 Å². The van der Waals surface area contributed by atoms with Gasteiger partial charge in [0.1, 0.15) is 12.4 Å². The minimum atomic E-state index is 0.276. The third-order valence-electron chi connectivity index (χ3n) is 5.47. The lowest BCUT2D eigenvalue weighted by Crippen LogP contribution is -2.56. The van der Waals surface area contributed by atoms with Crippen molar-refractivity contribution >= 4 is 6.08 Å². The summed E-state index contributed by atoms with van der Waals surface area (Å²) in [7, 11) is 0. The van der Waals surface area contributed by atoms with E-state index in [1.54, 1.807) is 0 Å². The van der Waals surface area contributed by atoms with E-state index in [1.165, 1.54) is 30.5 Å². The third kappa shape index (κ3) is 3.16. The maximum atomic E-state index is 9.43. The fraction of sp³-hybridized carbons (Fsp3) is 0.579. The van der Waals surface area contributed by atoms with Gasteiger partial charge in [-0.1, -0.05) is 18.2 Å². The van der Waals surface area contributed by atoms with Crippen molar-refractivity contribution in [3.05, 3.63) is 35.4 Å². The number of hydrogen-bond acceptors (Lipinski definition) is 4. The van der Waals surface area contributed by atoms with Crippen LogP contribution >= 0.6 is 0 Å². The molecule has 0 unspecified atom stereocenters. The Morgan fingerprint density at radius 1 is 1.22 bits per heavy atom. The molecule has 0 bridgehead atoms. The number of para-hydroxylation sites is 1. The molecule has 0 radical (unpaired) electrons. The molecule has 4 heteroatoms. The van der Waals surface area contributed by atoms with E-state index in [0.29, 0.717) is 18.7 Å². The average Bonchev–Trinajstić information content (AvgIpc) is 3.02. The minimum Gasteiger partial charge on any atom is -0.489 e. The lowest BCUT2D eigenvalue weighted by molar-refractivity contribution is 0.0438. The number of nitrogens with zero attached hydrogens (tertiary/aromatic N) is 2. The molecule has 2 fully saturated rings. The van der Waals surface area contributed by atoms with E-state index in [-0.39, 0.29) is 6.61 Å². The van der Waals surface area contributed by atoms with Crippen LogP contribution in [0.4, 0.5) is 0 Å². The van der Waals surface area contributed by atoms with E-state index < -0.39 is 0 Å². The van der Waals surface area contributed by atoms with E-state index in [1.807, 2.05) is 12.1 Å². The van der Waals surface area contributed by atoms with E-state index in [2.05, 4.69) is 28.0 Å². The maximum Gasteiger partial charge on any atom is 0.127 e. The van der Waals surface area contributed by atoms with E-state index >= 15 is 0 Å². The van der Waals surface area contributed by atoms with Crippen molar-refractivity contribution in [3.63, 3.8) is 0 Å². The second-order valence-electron chi connectivity index (χ2n) is 7.02. The molecule has 0 spiro atoms. The standard InChI is InChI=1S/C19H26N2O2/c22-9-7-18-12-20-8-3-5-17(20)13-21(18)11-15-10-16-4-1-2-6-19(16)23-14-15/h1-2,4,6,10,17-18,22H,3,5,7-9,11-14H2/t17-,18+/m1/s1. The van der Waals surface area contributed by atoms with Crippen molar-refractivity contribution in [3.8, 4) is 5.75 Å². The van der Waals surface area contributed by atoms with Crippen molar-refractivity contribution in [1.29, 1.82) is 0 Å². The Morgan fingerprint density at radius 3 is 3.04 bits per heavy atom. The maximum absolute atomic E-state index is 9.43. The first-order chi connectivity index (χ1) is 11.3. The summed E-state index contributed by atoms with van der Waals surface area (Å²) in [4.78, 5) is 5.20. The summed E-state index contributed by atoms with van der Waals surface area (Å²) in [5.41, 5.74) is 2.53. The van der Waals surface area contributed by atoms with Gasteiger partial charge in [-0.25, -0.2) is 0 Å². The van der Waals surface area contributed by atoms with Gasteiger partial charge in [-0.15, -0.1) is 0 Å². The molecule has 0 aromatic heterocycles. The van der Waals surface area contributed by atoms with Gasteiger partial charge in [0, 0.05) is 43.9 Å². The van der Waals surface area contributed by atoms with Crippen LogP contribution in [0, 0.1) is 0 Å². The second-order valence-corrected chi connectivity index (χ2v) is 7.02. The molecule has 0 aliphatic carbocycles. The number of aliphatic hydroxyl groups is 1. The second kappa shape index (κ2) is 6.63. The van der Waals surface area contributed by atoms with Crippen LogP contribution in [0.15, 0.2) is 29.8 Å². The van der Waals surface area contributed by atoms with Gasteiger partial charge in [-0.3, -0.25) is 9.80 Å². The topological polar surface area (TPSA) is 35.9 Å². The van der Waals surface area contributed by atoms with Crippen molar-refractivity contribution in [2.75, 3.05) is 39.4 Å². The zero-order valence-electron chi connectivity index (χ0n) is 13.7. The summed E-state index contributed by atoms with van der Waals surface area (Å²) in [5, 5.41) is 9.43. The highest BCUT2D eigenvalue weighted by Crippen LogP contribution is 2.29. The SMILES string of the molecule is OCC[C@H]1CN2CCC[C@@H]2CN1CC1=Cc2ccccc2OC1. The molecule has 0 amide bonds. The Hall–Kier alpha value is -1.36. The normalized spacial score (nSPS) is 28.0. The first-order valence-electron chi connectivity index (χ1n) is 8.84. The van der Waals surface area contributed by atoms with E-state index in [4.69, 9.17) is 4.74 Å². The lowest BCUT2D eigenvalue weighted by atomic mass is 10.0. The molecule has 124 valence electrons. The number of piperazine rings is 1. The largest absolute Gasteiger partial charge is 0.489 e. The Labute approximate surface area is 138 Å². The van der Waals surface area contributed by atoms with Crippen LogP contribution in [0.3, 0.4) is 0 Å². The Balaban J connectivity index is 1.49. The average molecular weight is 314 g/mol. The fourth-order valence-electron chi connectivity index (χ4n) is 4.28. The molecule has 23 heavy (non-hydrogen) atoms. The van der Waals surface area contributed by atoms with Crippen molar-refractivity contribution in [2.45, 2.75) is 31.3 Å². The van der Waals surface area contributed by atoms with Gasteiger partial charge in [0.2, 0.25) is 0 Å². The van der Waals surface area contributed by atoms with Crippen LogP contribution in [0.1, 0.15) is 24.8 Å². The summed E-state index contributed by atoms with van der Waals surface area (Å²) in [6.45, 7) is 5.40. The molecule has 2 saturated heterocycles. The summed E-state index contributed by atoms with van der Waals surface area (Å²) in [6, 6.07) is 9.42. The molecule has 1 N–H and O–H groups in total. The van der Waals surface area contributed by atoms with Gasteiger partial charge in [-0.2, -0.15) is 0 Å². The first kappa shape index (κ1) is 15.2. The third-order valence-corrected chi connectivity index (χ3v) is 5.47.